The van der Waals surface area contributed by atoms with Crippen LogP contribution in [0.2, 0.25) is 5.02 Å². The zero-order chi connectivity index (χ0) is 24.9. The SMILES string of the molecule is Cc1ccncc1-n1c(-c2ccc(Cl)cc2)ccc1-c1ccc(C(=O)CCCN[C@H]2CCOC2)cc1. The summed E-state index contributed by atoms with van der Waals surface area (Å²) in [6, 6.07) is 22.5. The molecule has 184 valence electrons. The van der Waals surface area contributed by atoms with Gasteiger partial charge in [0.25, 0.3) is 0 Å². The molecule has 1 fully saturated rings. The van der Waals surface area contributed by atoms with Crippen LogP contribution in [0.1, 0.15) is 35.2 Å². The maximum absolute atomic E-state index is 12.8. The highest BCUT2D eigenvalue weighted by Gasteiger charge is 2.17. The number of ether oxygens (including phenoxy) is 1. The van der Waals surface area contributed by atoms with E-state index in [1.165, 1.54) is 0 Å². The first-order chi connectivity index (χ1) is 17.6. The Kier molecular flexibility index (Phi) is 7.61. The molecule has 0 bridgehead atoms. The van der Waals surface area contributed by atoms with Crippen molar-refractivity contribution in [3.8, 4) is 28.2 Å². The summed E-state index contributed by atoms with van der Waals surface area (Å²) in [6.45, 7) is 4.52. The van der Waals surface area contributed by atoms with E-state index in [-0.39, 0.29) is 5.78 Å². The monoisotopic (exact) mass is 499 g/mol. The number of nitrogens with zero attached hydrogens (tertiary/aromatic N) is 2. The molecule has 2 aromatic heterocycles. The molecule has 1 aliphatic heterocycles. The van der Waals surface area contributed by atoms with Crippen LogP contribution in [0.3, 0.4) is 0 Å². The fraction of sp³-hybridized carbons (Fsp3) is 0.267. The normalized spacial score (nSPS) is 15.3. The van der Waals surface area contributed by atoms with E-state index >= 15 is 0 Å². The van der Waals surface area contributed by atoms with Crippen molar-refractivity contribution in [1.82, 2.24) is 14.9 Å². The molecular weight excluding hydrogens is 470 g/mol. The van der Waals surface area contributed by atoms with Gasteiger partial charge in [0.1, 0.15) is 0 Å². The van der Waals surface area contributed by atoms with Gasteiger partial charge in [-0.05, 0) is 73.3 Å². The lowest BCUT2D eigenvalue weighted by Gasteiger charge is -2.16. The fourth-order valence-corrected chi connectivity index (χ4v) is 4.81. The number of halogens is 1. The topological polar surface area (TPSA) is 56.2 Å². The van der Waals surface area contributed by atoms with Crippen molar-refractivity contribution in [3.63, 3.8) is 0 Å². The van der Waals surface area contributed by atoms with Crippen molar-refractivity contribution in [2.45, 2.75) is 32.2 Å². The Balaban J connectivity index is 1.37. The first-order valence-electron chi connectivity index (χ1n) is 12.4. The zero-order valence-electron chi connectivity index (χ0n) is 20.4. The van der Waals surface area contributed by atoms with Gasteiger partial charge in [-0.15, -0.1) is 0 Å². The second-order valence-electron chi connectivity index (χ2n) is 9.23. The number of carbonyl (C=O) groups excluding carboxylic acids is 1. The number of carbonyl (C=O) groups is 1. The van der Waals surface area contributed by atoms with E-state index in [0.717, 1.165) is 71.9 Å². The average molecular weight is 500 g/mol. The molecule has 1 N–H and O–H groups in total. The number of benzene rings is 2. The highest BCUT2D eigenvalue weighted by atomic mass is 35.5. The van der Waals surface area contributed by atoms with Crippen LogP contribution in [0.4, 0.5) is 0 Å². The summed E-state index contributed by atoms with van der Waals surface area (Å²) in [5, 5.41) is 4.18. The van der Waals surface area contributed by atoms with E-state index < -0.39 is 0 Å². The van der Waals surface area contributed by atoms with E-state index in [1.54, 1.807) is 6.20 Å². The molecule has 6 heteroatoms. The summed E-state index contributed by atoms with van der Waals surface area (Å²) in [4.78, 5) is 17.1. The number of nitrogens with one attached hydrogen (secondary N) is 1. The zero-order valence-corrected chi connectivity index (χ0v) is 21.2. The molecule has 0 amide bonds. The first-order valence-corrected chi connectivity index (χ1v) is 12.8. The molecule has 0 unspecified atom stereocenters. The minimum Gasteiger partial charge on any atom is -0.380 e. The third-order valence-electron chi connectivity index (χ3n) is 6.72. The number of ketones is 1. The fourth-order valence-electron chi connectivity index (χ4n) is 4.68. The van der Waals surface area contributed by atoms with Gasteiger partial charge in [-0.25, -0.2) is 0 Å². The van der Waals surface area contributed by atoms with Gasteiger partial charge in [-0.3, -0.25) is 9.78 Å². The average Bonchev–Trinajstić information content (AvgIpc) is 3.58. The Morgan fingerprint density at radius 1 is 1.03 bits per heavy atom. The number of aromatic nitrogens is 2. The summed E-state index contributed by atoms with van der Waals surface area (Å²) in [7, 11) is 0. The quantitative estimate of drug-likeness (QED) is 0.211. The van der Waals surface area contributed by atoms with Crippen LogP contribution in [0, 0.1) is 6.92 Å². The molecule has 0 aliphatic carbocycles. The van der Waals surface area contributed by atoms with E-state index in [0.29, 0.717) is 17.5 Å². The van der Waals surface area contributed by atoms with Crippen molar-refractivity contribution in [1.29, 1.82) is 0 Å². The Labute approximate surface area is 217 Å². The van der Waals surface area contributed by atoms with Gasteiger partial charge in [0, 0.05) is 35.9 Å². The molecule has 4 aromatic rings. The summed E-state index contributed by atoms with van der Waals surface area (Å²) in [5.74, 6) is 0.173. The summed E-state index contributed by atoms with van der Waals surface area (Å²) in [6.07, 6.45) is 6.11. The number of hydrogen-bond donors (Lipinski definition) is 1. The third-order valence-corrected chi connectivity index (χ3v) is 6.97. The first kappa shape index (κ1) is 24.4. The lowest BCUT2D eigenvalue weighted by Crippen LogP contribution is -2.30. The maximum Gasteiger partial charge on any atom is 0.162 e. The Morgan fingerprint density at radius 2 is 1.72 bits per heavy atom. The molecule has 1 aliphatic rings. The van der Waals surface area contributed by atoms with Gasteiger partial charge < -0.3 is 14.6 Å². The Hall–Kier alpha value is -3.25. The van der Waals surface area contributed by atoms with Crippen molar-refractivity contribution in [3.05, 3.63) is 95.3 Å². The van der Waals surface area contributed by atoms with E-state index in [1.807, 2.05) is 60.8 Å². The largest absolute Gasteiger partial charge is 0.380 e. The van der Waals surface area contributed by atoms with Crippen LogP contribution in [0.5, 0.6) is 0 Å². The highest BCUT2D eigenvalue weighted by Crippen LogP contribution is 2.34. The van der Waals surface area contributed by atoms with E-state index in [4.69, 9.17) is 16.3 Å². The molecule has 1 atom stereocenters. The van der Waals surface area contributed by atoms with Crippen LogP contribution >= 0.6 is 11.6 Å². The minimum absolute atomic E-state index is 0.173. The standard InChI is InChI=1S/C30H30ClN3O2/c1-21-14-17-32-19-29(21)34-27(12-13-28(34)23-8-10-25(31)11-9-23)22-4-6-24(7-5-22)30(35)3-2-16-33-26-15-18-36-20-26/h4-14,17,19,26,33H,2-3,15-16,18,20H2,1H3/t26-/m0/s1. The molecule has 2 aromatic carbocycles. The van der Waals surface area contributed by atoms with Gasteiger partial charge in [0.15, 0.2) is 5.78 Å². The molecular formula is C30H30ClN3O2. The molecule has 5 nitrogen and oxygen atoms in total. The van der Waals surface area contributed by atoms with Crippen LogP contribution in [0.25, 0.3) is 28.2 Å². The molecule has 36 heavy (non-hydrogen) atoms. The minimum atomic E-state index is 0.173. The van der Waals surface area contributed by atoms with E-state index in [9.17, 15) is 4.79 Å². The van der Waals surface area contributed by atoms with Gasteiger partial charge in [0.2, 0.25) is 0 Å². The second-order valence-corrected chi connectivity index (χ2v) is 9.66. The third kappa shape index (κ3) is 5.44. The number of rotatable bonds is 9. The Bertz CT molecular complexity index is 1320. The van der Waals surface area contributed by atoms with Crippen molar-refractivity contribution >= 4 is 17.4 Å². The van der Waals surface area contributed by atoms with Gasteiger partial charge in [-0.1, -0.05) is 48.0 Å². The van der Waals surface area contributed by atoms with Crippen molar-refractivity contribution in [2.75, 3.05) is 19.8 Å². The Morgan fingerprint density at radius 3 is 2.36 bits per heavy atom. The predicted molar refractivity (Wildman–Crippen MR) is 145 cm³/mol. The molecule has 1 saturated heterocycles. The van der Waals surface area contributed by atoms with E-state index in [2.05, 4.69) is 33.9 Å². The van der Waals surface area contributed by atoms with Crippen molar-refractivity contribution in [2.24, 2.45) is 0 Å². The lowest BCUT2D eigenvalue weighted by molar-refractivity contribution is 0.0979. The van der Waals surface area contributed by atoms with Crippen LogP contribution in [-0.4, -0.2) is 41.1 Å². The molecule has 0 spiro atoms. The van der Waals surface area contributed by atoms with Gasteiger partial charge >= 0.3 is 0 Å². The summed E-state index contributed by atoms with van der Waals surface area (Å²) >= 11 is 6.14. The van der Waals surface area contributed by atoms with Crippen molar-refractivity contribution < 1.29 is 9.53 Å². The summed E-state index contributed by atoms with van der Waals surface area (Å²) in [5.41, 5.74) is 7.09. The second kappa shape index (κ2) is 11.2. The maximum atomic E-state index is 12.8. The number of pyridine rings is 1. The molecule has 0 radical (unpaired) electrons. The molecule has 0 saturated carbocycles. The van der Waals surface area contributed by atoms with Gasteiger partial charge in [-0.2, -0.15) is 0 Å². The summed E-state index contributed by atoms with van der Waals surface area (Å²) < 4.78 is 7.61. The smallest absolute Gasteiger partial charge is 0.162 e. The van der Waals surface area contributed by atoms with Crippen LogP contribution < -0.4 is 5.32 Å². The number of hydrogen-bond acceptors (Lipinski definition) is 4. The number of Topliss-reactive ketones (excluding diaryl/α,β-unsaturated/α-hetero) is 1. The van der Waals surface area contributed by atoms with Crippen LogP contribution in [-0.2, 0) is 4.74 Å². The molecule has 5 rings (SSSR count). The van der Waals surface area contributed by atoms with Gasteiger partial charge in [0.05, 0.1) is 29.9 Å². The lowest BCUT2D eigenvalue weighted by atomic mass is 10.0. The molecule has 3 heterocycles. The number of aryl methyl sites for hydroxylation is 1. The highest BCUT2D eigenvalue weighted by molar-refractivity contribution is 6.30. The predicted octanol–water partition coefficient (Wildman–Crippen LogP) is 6.51. The van der Waals surface area contributed by atoms with Crippen LogP contribution in [0.15, 0.2) is 79.1 Å².